The van der Waals surface area contributed by atoms with Crippen molar-refractivity contribution in [3.8, 4) is 23.0 Å². The van der Waals surface area contributed by atoms with Crippen molar-refractivity contribution in [3.63, 3.8) is 0 Å². The summed E-state index contributed by atoms with van der Waals surface area (Å²) in [4.78, 5) is 25.5. The number of benzene rings is 1. The molecule has 5 rings (SSSR count). The number of carbonyl (C=O) groups is 1. The third-order valence-electron chi connectivity index (χ3n) is 5.05. The van der Waals surface area contributed by atoms with Crippen LogP contribution < -0.4 is 10.1 Å². The van der Waals surface area contributed by atoms with Gasteiger partial charge in [-0.3, -0.25) is 9.36 Å². The van der Waals surface area contributed by atoms with Crippen LogP contribution in [-0.2, 0) is 6.54 Å². The summed E-state index contributed by atoms with van der Waals surface area (Å²) < 4.78 is 12.2. The molecule has 9 heteroatoms. The Labute approximate surface area is 178 Å². The van der Waals surface area contributed by atoms with E-state index in [4.69, 9.17) is 9.26 Å². The van der Waals surface area contributed by atoms with Crippen molar-refractivity contribution in [2.45, 2.75) is 25.3 Å². The summed E-state index contributed by atoms with van der Waals surface area (Å²) in [5.74, 6) is 2.77. The molecule has 9 nitrogen and oxygen atoms in total. The number of hydrogen-bond acceptors (Lipinski definition) is 7. The molecule has 0 saturated heterocycles. The van der Waals surface area contributed by atoms with Gasteiger partial charge in [-0.15, -0.1) is 0 Å². The zero-order chi connectivity index (χ0) is 21.2. The Kier molecular flexibility index (Phi) is 4.91. The molecule has 0 aliphatic heterocycles. The number of aromatic nitrogens is 5. The van der Waals surface area contributed by atoms with Crippen molar-refractivity contribution >= 4 is 5.91 Å². The molecular weight excluding hydrogens is 396 g/mol. The van der Waals surface area contributed by atoms with Crippen LogP contribution in [0.5, 0.6) is 5.75 Å². The highest BCUT2D eigenvalue weighted by Crippen LogP contribution is 2.38. The van der Waals surface area contributed by atoms with Gasteiger partial charge in [0.05, 0.1) is 12.7 Å². The van der Waals surface area contributed by atoms with Crippen molar-refractivity contribution in [1.82, 2.24) is 30.0 Å². The van der Waals surface area contributed by atoms with Gasteiger partial charge in [0, 0.05) is 24.9 Å². The number of methoxy groups -OCH3 is 1. The molecular formula is C22H20N6O3. The fourth-order valence-corrected chi connectivity index (χ4v) is 3.15. The van der Waals surface area contributed by atoms with Crippen LogP contribution in [0.2, 0.25) is 0 Å². The summed E-state index contributed by atoms with van der Waals surface area (Å²) in [5, 5.41) is 6.89. The van der Waals surface area contributed by atoms with Gasteiger partial charge in [0.25, 0.3) is 11.8 Å². The van der Waals surface area contributed by atoms with Crippen LogP contribution in [0.15, 0.2) is 59.6 Å². The van der Waals surface area contributed by atoms with Gasteiger partial charge >= 0.3 is 0 Å². The van der Waals surface area contributed by atoms with Gasteiger partial charge in [-0.25, -0.2) is 9.97 Å². The molecule has 1 aromatic carbocycles. The smallest absolute Gasteiger partial charge is 0.271 e. The van der Waals surface area contributed by atoms with Crippen LogP contribution in [0, 0.1) is 0 Å². The molecule has 31 heavy (non-hydrogen) atoms. The molecule has 1 amide bonds. The Morgan fingerprint density at radius 3 is 2.94 bits per heavy atom. The minimum absolute atomic E-state index is 0.267. The molecule has 3 aromatic heterocycles. The number of amides is 1. The lowest BCUT2D eigenvalue weighted by atomic mass is 10.2. The fourth-order valence-electron chi connectivity index (χ4n) is 3.15. The van der Waals surface area contributed by atoms with Gasteiger partial charge in [-0.1, -0.05) is 17.3 Å². The third kappa shape index (κ3) is 4.16. The molecule has 0 unspecified atom stereocenters. The maximum absolute atomic E-state index is 12.5. The van der Waals surface area contributed by atoms with Crippen molar-refractivity contribution in [3.05, 3.63) is 72.2 Å². The van der Waals surface area contributed by atoms with E-state index >= 15 is 0 Å². The van der Waals surface area contributed by atoms with E-state index in [9.17, 15) is 4.79 Å². The number of nitrogens with one attached hydrogen (secondary N) is 1. The summed E-state index contributed by atoms with van der Waals surface area (Å²) in [7, 11) is 1.61. The lowest BCUT2D eigenvalue weighted by Gasteiger charge is -2.05. The van der Waals surface area contributed by atoms with Crippen molar-refractivity contribution in [2.75, 3.05) is 7.11 Å². The lowest BCUT2D eigenvalue weighted by molar-refractivity contribution is 0.0946. The van der Waals surface area contributed by atoms with Crippen molar-refractivity contribution in [2.24, 2.45) is 0 Å². The Bertz CT molecular complexity index is 1210. The molecule has 0 bridgehead atoms. The molecule has 1 aliphatic rings. The molecule has 0 atom stereocenters. The van der Waals surface area contributed by atoms with Gasteiger partial charge in [-0.2, -0.15) is 4.98 Å². The summed E-state index contributed by atoms with van der Waals surface area (Å²) in [5.41, 5.74) is 1.99. The molecule has 156 valence electrons. The first-order valence-electron chi connectivity index (χ1n) is 9.95. The van der Waals surface area contributed by atoms with Gasteiger partial charge < -0.3 is 14.6 Å². The van der Waals surface area contributed by atoms with Crippen LogP contribution >= 0.6 is 0 Å². The largest absolute Gasteiger partial charge is 0.497 e. The van der Waals surface area contributed by atoms with Gasteiger partial charge in [0.2, 0.25) is 0 Å². The SMILES string of the molecule is COc1cccc(CNC(=O)c2cn(-c3ccc(-c4nc(C5CC5)no4)cn3)cn2)c1. The van der Waals surface area contributed by atoms with Crippen molar-refractivity contribution in [1.29, 1.82) is 0 Å². The maximum atomic E-state index is 12.5. The standard InChI is InChI=1S/C22H20N6O3/c1-30-17-4-2-3-14(9-17)10-24-21(29)18-12-28(13-25-18)19-8-7-16(11-23-19)22-26-20(27-31-22)15-5-6-15/h2-4,7-9,11-13,15H,5-6,10H2,1H3,(H,24,29). The van der Waals surface area contributed by atoms with Crippen LogP contribution in [0.1, 0.15) is 40.6 Å². The van der Waals surface area contributed by atoms with E-state index in [1.54, 1.807) is 30.4 Å². The minimum Gasteiger partial charge on any atom is -0.497 e. The second-order valence-corrected chi connectivity index (χ2v) is 7.34. The van der Waals surface area contributed by atoms with Crippen molar-refractivity contribution < 1.29 is 14.1 Å². The predicted octanol–water partition coefficient (Wildman–Crippen LogP) is 3.13. The summed E-state index contributed by atoms with van der Waals surface area (Å²) in [6.07, 6.45) is 7.10. The number of rotatable bonds is 7. The van der Waals surface area contributed by atoms with E-state index in [1.807, 2.05) is 36.4 Å². The normalized spacial score (nSPS) is 13.2. The average molecular weight is 416 g/mol. The first-order valence-corrected chi connectivity index (χ1v) is 9.95. The maximum Gasteiger partial charge on any atom is 0.271 e. The highest BCUT2D eigenvalue weighted by Gasteiger charge is 2.29. The van der Waals surface area contributed by atoms with E-state index in [1.165, 1.54) is 0 Å². The van der Waals surface area contributed by atoms with Gasteiger partial charge in [0.15, 0.2) is 5.82 Å². The predicted molar refractivity (Wildman–Crippen MR) is 111 cm³/mol. The molecule has 4 aromatic rings. The number of nitrogens with zero attached hydrogens (tertiary/aromatic N) is 5. The Balaban J connectivity index is 1.24. The Morgan fingerprint density at radius 1 is 1.26 bits per heavy atom. The molecule has 3 heterocycles. The Hall–Kier alpha value is -4.01. The number of hydrogen-bond donors (Lipinski definition) is 1. The van der Waals surface area contributed by atoms with E-state index in [0.29, 0.717) is 29.9 Å². The Morgan fingerprint density at radius 2 is 2.16 bits per heavy atom. The third-order valence-corrected chi connectivity index (χ3v) is 5.05. The second-order valence-electron chi connectivity index (χ2n) is 7.34. The molecule has 1 saturated carbocycles. The number of ether oxygens (including phenoxy) is 1. The van der Waals surface area contributed by atoms with E-state index in [-0.39, 0.29) is 5.91 Å². The molecule has 0 radical (unpaired) electrons. The molecule has 1 N–H and O–H groups in total. The molecule has 1 aliphatic carbocycles. The highest BCUT2D eigenvalue weighted by atomic mass is 16.5. The van der Waals surface area contributed by atoms with Gasteiger partial charge in [-0.05, 0) is 42.7 Å². The molecule has 1 fully saturated rings. The topological polar surface area (TPSA) is 108 Å². The average Bonchev–Trinajstić information content (AvgIpc) is 3.34. The zero-order valence-electron chi connectivity index (χ0n) is 16.9. The molecule has 0 spiro atoms. The van der Waals surface area contributed by atoms with Gasteiger partial charge in [0.1, 0.15) is 23.6 Å². The van der Waals surface area contributed by atoms with Crippen LogP contribution in [0.4, 0.5) is 0 Å². The van der Waals surface area contributed by atoms with E-state index in [2.05, 4.69) is 25.4 Å². The summed E-state index contributed by atoms with van der Waals surface area (Å²) in [6.45, 7) is 0.378. The monoisotopic (exact) mass is 416 g/mol. The fraction of sp³-hybridized carbons (Fsp3) is 0.227. The first-order chi connectivity index (χ1) is 15.2. The van der Waals surface area contributed by atoms with Crippen LogP contribution in [0.3, 0.4) is 0 Å². The van der Waals surface area contributed by atoms with E-state index < -0.39 is 0 Å². The summed E-state index contributed by atoms with van der Waals surface area (Å²) in [6, 6.07) is 11.2. The van der Waals surface area contributed by atoms with E-state index in [0.717, 1.165) is 35.5 Å². The number of imidazole rings is 1. The van der Waals surface area contributed by atoms with Crippen LogP contribution in [0.25, 0.3) is 17.3 Å². The zero-order valence-corrected chi connectivity index (χ0v) is 16.9. The first kappa shape index (κ1) is 19.0. The van der Waals surface area contributed by atoms with Crippen LogP contribution in [-0.4, -0.2) is 37.7 Å². The number of pyridine rings is 1. The summed E-state index contributed by atoms with van der Waals surface area (Å²) >= 11 is 0. The lowest BCUT2D eigenvalue weighted by Crippen LogP contribution is -2.23. The number of carbonyl (C=O) groups excluding carboxylic acids is 1. The highest BCUT2D eigenvalue weighted by molar-refractivity contribution is 5.92. The second kappa shape index (κ2) is 8.02. The quantitative estimate of drug-likeness (QED) is 0.493. The minimum atomic E-state index is -0.267.